The van der Waals surface area contributed by atoms with Gasteiger partial charge in [0, 0.05) is 28.3 Å². The Balaban J connectivity index is 1.96. The monoisotopic (exact) mass is 427 g/mol. The Labute approximate surface area is 158 Å². The standard InChI is InChI=1S/C17H18BrNO5S/c1-9-16(17(21)22-3-4-25-2)11(6-15(20)19-9)10-5-13-14(7-12(10)18)24-8-23-13/h5,7,11H,3-4,6,8H2,1-2H3,(H,19,20)/t11-/m1/s1. The summed E-state index contributed by atoms with van der Waals surface area (Å²) in [7, 11) is 0. The number of benzene rings is 1. The minimum atomic E-state index is -0.403. The summed E-state index contributed by atoms with van der Waals surface area (Å²) in [4.78, 5) is 24.7. The van der Waals surface area contributed by atoms with Crippen LogP contribution in [0.4, 0.5) is 0 Å². The molecule has 1 atom stereocenters. The van der Waals surface area contributed by atoms with Crippen molar-refractivity contribution in [1.82, 2.24) is 5.32 Å². The summed E-state index contributed by atoms with van der Waals surface area (Å²) in [6.07, 6.45) is 2.12. The summed E-state index contributed by atoms with van der Waals surface area (Å²) in [5.74, 6) is 1.04. The van der Waals surface area contributed by atoms with Crippen molar-refractivity contribution in [2.45, 2.75) is 19.3 Å². The van der Waals surface area contributed by atoms with Crippen molar-refractivity contribution in [3.05, 3.63) is 33.4 Å². The van der Waals surface area contributed by atoms with Crippen molar-refractivity contribution in [2.24, 2.45) is 0 Å². The molecule has 0 aliphatic carbocycles. The molecule has 0 aromatic heterocycles. The van der Waals surface area contributed by atoms with Crippen LogP contribution in [-0.2, 0) is 14.3 Å². The number of fused-ring (bicyclic) bond motifs is 1. The summed E-state index contributed by atoms with van der Waals surface area (Å²) in [6.45, 7) is 2.21. The van der Waals surface area contributed by atoms with Crippen LogP contribution in [0.1, 0.15) is 24.8 Å². The first-order chi connectivity index (χ1) is 12.0. The summed E-state index contributed by atoms with van der Waals surface area (Å²) in [5, 5.41) is 2.74. The lowest BCUT2D eigenvalue weighted by molar-refractivity contribution is -0.139. The predicted octanol–water partition coefficient (Wildman–Crippen LogP) is 2.96. The van der Waals surface area contributed by atoms with Gasteiger partial charge in [0.1, 0.15) is 6.61 Å². The van der Waals surface area contributed by atoms with E-state index in [-0.39, 0.29) is 19.1 Å². The third kappa shape index (κ3) is 3.79. The van der Waals surface area contributed by atoms with Gasteiger partial charge in [-0.3, -0.25) is 4.79 Å². The number of hydrogen-bond acceptors (Lipinski definition) is 6. The van der Waals surface area contributed by atoms with Gasteiger partial charge in [0.25, 0.3) is 0 Å². The molecule has 2 aliphatic heterocycles. The number of carbonyl (C=O) groups is 2. The van der Waals surface area contributed by atoms with Crippen molar-refractivity contribution in [2.75, 3.05) is 25.4 Å². The minimum absolute atomic E-state index is 0.132. The van der Waals surface area contributed by atoms with Gasteiger partial charge < -0.3 is 19.5 Å². The SMILES string of the molecule is CSCCOC(=O)C1=C(C)NC(=O)C[C@@H]1c1cc2c(cc1Br)OCO2. The molecule has 0 radical (unpaired) electrons. The van der Waals surface area contributed by atoms with E-state index in [1.165, 1.54) is 0 Å². The van der Waals surface area contributed by atoms with E-state index in [9.17, 15) is 9.59 Å². The van der Waals surface area contributed by atoms with E-state index < -0.39 is 11.9 Å². The highest BCUT2D eigenvalue weighted by molar-refractivity contribution is 9.10. The maximum atomic E-state index is 12.6. The van der Waals surface area contributed by atoms with Gasteiger partial charge in [-0.25, -0.2) is 4.79 Å². The molecule has 2 aliphatic rings. The molecule has 134 valence electrons. The first kappa shape index (κ1) is 18.1. The van der Waals surface area contributed by atoms with Crippen LogP contribution in [0.5, 0.6) is 11.5 Å². The van der Waals surface area contributed by atoms with Crippen LogP contribution >= 0.6 is 27.7 Å². The third-order valence-electron chi connectivity index (χ3n) is 4.08. The summed E-state index contributed by atoms with van der Waals surface area (Å²) in [5.41, 5.74) is 1.80. The number of halogens is 1. The Bertz CT molecular complexity index is 749. The Hall–Kier alpha value is -1.67. The molecule has 3 rings (SSSR count). The summed E-state index contributed by atoms with van der Waals surface area (Å²) < 4.78 is 16.9. The van der Waals surface area contributed by atoms with Crippen molar-refractivity contribution in [1.29, 1.82) is 0 Å². The van der Waals surface area contributed by atoms with Crippen LogP contribution < -0.4 is 14.8 Å². The van der Waals surface area contributed by atoms with Crippen molar-refractivity contribution < 1.29 is 23.8 Å². The van der Waals surface area contributed by atoms with Gasteiger partial charge in [-0.05, 0) is 30.9 Å². The van der Waals surface area contributed by atoms with Gasteiger partial charge in [-0.2, -0.15) is 11.8 Å². The van der Waals surface area contributed by atoms with E-state index in [2.05, 4.69) is 21.2 Å². The number of allylic oxidation sites excluding steroid dienone is 1. The topological polar surface area (TPSA) is 73.9 Å². The van der Waals surface area contributed by atoms with Crippen LogP contribution in [0, 0.1) is 0 Å². The van der Waals surface area contributed by atoms with Crippen LogP contribution in [0.25, 0.3) is 0 Å². The smallest absolute Gasteiger partial charge is 0.336 e. The Morgan fingerprint density at radius 2 is 2.12 bits per heavy atom. The number of thioether (sulfide) groups is 1. The molecule has 1 N–H and O–H groups in total. The minimum Gasteiger partial charge on any atom is -0.461 e. The number of esters is 1. The number of carbonyl (C=O) groups excluding carboxylic acids is 2. The molecule has 0 fully saturated rings. The summed E-state index contributed by atoms with van der Waals surface area (Å²) in [6, 6.07) is 3.62. The fraction of sp³-hybridized carbons (Fsp3) is 0.412. The highest BCUT2D eigenvalue weighted by Gasteiger charge is 2.35. The molecule has 8 heteroatoms. The van der Waals surface area contributed by atoms with E-state index in [1.807, 2.05) is 12.3 Å². The third-order valence-corrected chi connectivity index (χ3v) is 5.34. The van der Waals surface area contributed by atoms with Crippen molar-refractivity contribution >= 4 is 39.6 Å². The Kier molecular flexibility index (Phi) is 5.58. The average Bonchev–Trinajstić information content (AvgIpc) is 3.00. The second-order valence-electron chi connectivity index (χ2n) is 5.70. The fourth-order valence-corrected chi connectivity index (χ4v) is 3.78. The summed E-state index contributed by atoms with van der Waals surface area (Å²) >= 11 is 5.12. The normalized spacial score (nSPS) is 19.0. The number of ether oxygens (including phenoxy) is 3. The maximum absolute atomic E-state index is 12.6. The second-order valence-corrected chi connectivity index (χ2v) is 7.54. The lowest BCUT2D eigenvalue weighted by atomic mass is 9.84. The molecule has 1 aromatic carbocycles. The van der Waals surface area contributed by atoms with Gasteiger partial charge >= 0.3 is 5.97 Å². The molecular formula is C17H18BrNO5S. The zero-order chi connectivity index (χ0) is 18.0. The van der Waals surface area contributed by atoms with Gasteiger partial charge in [-0.1, -0.05) is 15.9 Å². The van der Waals surface area contributed by atoms with E-state index in [1.54, 1.807) is 24.8 Å². The zero-order valence-electron chi connectivity index (χ0n) is 13.9. The van der Waals surface area contributed by atoms with Gasteiger partial charge in [-0.15, -0.1) is 0 Å². The lowest BCUT2D eigenvalue weighted by Crippen LogP contribution is -2.34. The lowest BCUT2D eigenvalue weighted by Gasteiger charge is -2.27. The van der Waals surface area contributed by atoms with E-state index >= 15 is 0 Å². The highest BCUT2D eigenvalue weighted by Crippen LogP contribution is 2.43. The first-order valence-corrected chi connectivity index (χ1v) is 9.95. The molecule has 0 saturated carbocycles. The highest BCUT2D eigenvalue weighted by atomic mass is 79.9. The predicted molar refractivity (Wildman–Crippen MR) is 97.8 cm³/mol. The van der Waals surface area contributed by atoms with E-state index in [0.717, 1.165) is 15.8 Å². The second kappa shape index (κ2) is 7.70. The molecule has 1 amide bonds. The average molecular weight is 428 g/mol. The van der Waals surface area contributed by atoms with Gasteiger partial charge in [0.2, 0.25) is 12.7 Å². The number of hydrogen-bond donors (Lipinski definition) is 1. The van der Waals surface area contributed by atoms with Crippen LogP contribution in [-0.4, -0.2) is 37.3 Å². The number of nitrogens with one attached hydrogen (secondary N) is 1. The van der Waals surface area contributed by atoms with E-state index in [0.29, 0.717) is 29.4 Å². The Morgan fingerprint density at radius 1 is 1.40 bits per heavy atom. The zero-order valence-corrected chi connectivity index (χ0v) is 16.3. The molecule has 6 nitrogen and oxygen atoms in total. The maximum Gasteiger partial charge on any atom is 0.336 e. The molecule has 0 spiro atoms. The number of amides is 1. The molecule has 1 aromatic rings. The number of rotatable bonds is 5. The molecule has 25 heavy (non-hydrogen) atoms. The van der Waals surface area contributed by atoms with Crippen molar-refractivity contribution in [3.8, 4) is 11.5 Å². The van der Waals surface area contributed by atoms with Gasteiger partial charge in [0.15, 0.2) is 11.5 Å². The molecule has 2 heterocycles. The quantitative estimate of drug-likeness (QED) is 0.575. The molecule has 0 bridgehead atoms. The van der Waals surface area contributed by atoms with E-state index in [4.69, 9.17) is 14.2 Å². The van der Waals surface area contributed by atoms with Crippen LogP contribution in [0.15, 0.2) is 27.9 Å². The van der Waals surface area contributed by atoms with Crippen molar-refractivity contribution in [3.63, 3.8) is 0 Å². The molecular weight excluding hydrogens is 410 g/mol. The van der Waals surface area contributed by atoms with Gasteiger partial charge in [0.05, 0.1) is 5.57 Å². The fourth-order valence-electron chi connectivity index (χ4n) is 2.93. The molecule has 0 unspecified atom stereocenters. The van der Waals surface area contributed by atoms with Crippen LogP contribution in [0.3, 0.4) is 0 Å². The van der Waals surface area contributed by atoms with Crippen LogP contribution in [0.2, 0.25) is 0 Å². The molecule has 0 saturated heterocycles. The largest absolute Gasteiger partial charge is 0.461 e. The first-order valence-electron chi connectivity index (χ1n) is 7.77. The Morgan fingerprint density at radius 3 is 2.84 bits per heavy atom.